The van der Waals surface area contributed by atoms with Crippen LogP contribution < -0.4 is 5.32 Å². The third kappa shape index (κ3) is 3.15. The standard InChI is InChI=1S/C16H16ClN3OS/c1-2-18-15(21)8-7-13-10-22-16-19-14(9-20(13)16)11-3-5-12(17)6-4-11/h3-6,9-10H,2,7-8H2,1H3,(H,18,21). The molecule has 114 valence electrons. The molecule has 3 aromatic rings. The van der Waals surface area contributed by atoms with E-state index in [0.717, 1.165) is 21.9 Å². The van der Waals surface area contributed by atoms with Crippen LogP contribution in [-0.4, -0.2) is 21.8 Å². The van der Waals surface area contributed by atoms with Crippen LogP contribution in [0.1, 0.15) is 19.0 Å². The maximum atomic E-state index is 11.6. The Labute approximate surface area is 137 Å². The van der Waals surface area contributed by atoms with Gasteiger partial charge in [0.1, 0.15) is 0 Å². The second-order valence-electron chi connectivity index (χ2n) is 4.97. The molecule has 0 radical (unpaired) electrons. The van der Waals surface area contributed by atoms with Gasteiger partial charge in [-0.3, -0.25) is 9.20 Å². The van der Waals surface area contributed by atoms with Gasteiger partial charge in [0, 0.05) is 40.8 Å². The number of rotatable bonds is 5. The fourth-order valence-corrected chi connectivity index (χ4v) is 3.33. The van der Waals surface area contributed by atoms with Gasteiger partial charge in [0.2, 0.25) is 5.91 Å². The molecule has 0 saturated carbocycles. The number of hydrogen-bond acceptors (Lipinski definition) is 3. The summed E-state index contributed by atoms with van der Waals surface area (Å²) in [5, 5.41) is 5.60. The second-order valence-corrected chi connectivity index (χ2v) is 6.24. The molecule has 22 heavy (non-hydrogen) atoms. The van der Waals surface area contributed by atoms with E-state index in [2.05, 4.69) is 20.1 Å². The van der Waals surface area contributed by atoms with Crippen molar-refractivity contribution in [2.45, 2.75) is 19.8 Å². The van der Waals surface area contributed by atoms with E-state index in [0.29, 0.717) is 24.4 Å². The van der Waals surface area contributed by atoms with Gasteiger partial charge in [-0.2, -0.15) is 0 Å². The summed E-state index contributed by atoms with van der Waals surface area (Å²) < 4.78 is 2.06. The van der Waals surface area contributed by atoms with Gasteiger partial charge in [-0.1, -0.05) is 23.7 Å². The van der Waals surface area contributed by atoms with Crippen LogP contribution in [0.2, 0.25) is 5.02 Å². The fourth-order valence-electron chi connectivity index (χ4n) is 2.30. The summed E-state index contributed by atoms with van der Waals surface area (Å²) in [5.41, 5.74) is 3.07. The molecule has 1 N–H and O–H groups in total. The minimum Gasteiger partial charge on any atom is -0.356 e. The van der Waals surface area contributed by atoms with E-state index in [1.54, 1.807) is 11.3 Å². The molecule has 0 bridgehead atoms. The van der Waals surface area contributed by atoms with Crippen LogP contribution in [0, 0.1) is 0 Å². The van der Waals surface area contributed by atoms with Gasteiger partial charge in [-0.15, -0.1) is 11.3 Å². The van der Waals surface area contributed by atoms with Crippen molar-refractivity contribution in [3.05, 3.63) is 46.6 Å². The van der Waals surface area contributed by atoms with Crippen molar-refractivity contribution in [3.8, 4) is 11.3 Å². The van der Waals surface area contributed by atoms with Gasteiger partial charge in [-0.25, -0.2) is 4.98 Å². The topological polar surface area (TPSA) is 46.4 Å². The minimum atomic E-state index is 0.0832. The van der Waals surface area contributed by atoms with Gasteiger partial charge < -0.3 is 5.32 Å². The van der Waals surface area contributed by atoms with Crippen LogP contribution >= 0.6 is 22.9 Å². The highest BCUT2D eigenvalue weighted by molar-refractivity contribution is 7.15. The molecule has 1 amide bonds. The summed E-state index contributed by atoms with van der Waals surface area (Å²) in [7, 11) is 0. The van der Waals surface area contributed by atoms with E-state index >= 15 is 0 Å². The molecule has 2 heterocycles. The van der Waals surface area contributed by atoms with E-state index in [1.165, 1.54) is 0 Å². The average molecular weight is 334 g/mol. The number of carbonyl (C=O) groups is 1. The number of imidazole rings is 1. The van der Waals surface area contributed by atoms with Crippen molar-refractivity contribution < 1.29 is 4.79 Å². The maximum Gasteiger partial charge on any atom is 0.220 e. The molecule has 0 fully saturated rings. The number of amides is 1. The number of nitrogens with one attached hydrogen (secondary N) is 1. The molecule has 0 saturated heterocycles. The van der Waals surface area contributed by atoms with Gasteiger partial charge in [0.25, 0.3) is 0 Å². The molecule has 0 unspecified atom stereocenters. The van der Waals surface area contributed by atoms with Gasteiger partial charge >= 0.3 is 0 Å². The van der Waals surface area contributed by atoms with E-state index in [4.69, 9.17) is 11.6 Å². The largest absolute Gasteiger partial charge is 0.356 e. The second kappa shape index (κ2) is 6.50. The summed E-state index contributed by atoms with van der Waals surface area (Å²) in [6, 6.07) is 7.65. The first-order valence-corrected chi connectivity index (χ1v) is 8.41. The number of thiazole rings is 1. The molecular formula is C16H16ClN3OS. The number of halogens is 1. The maximum absolute atomic E-state index is 11.6. The Morgan fingerprint density at radius 2 is 2.14 bits per heavy atom. The molecule has 0 atom stereocenters. The molecule has 3 rings (SSSR count). The summed E-state index contributed by atoms with van der Waals surface area (Å²) >= 11 is 7.51. The highest BCUT2D eigenvalue weighted by Crippen LogP contribution is 2.25. The Balaban J connectivity index is 1.82. The van der Waals surface area contributed by atoms with E-state index in [1.807, 2.05) is 37.4 Å². The monoisotopic (exact) mass is 333 g/mol. The highest BCUT2D eigenvalue weighted by Gasteiger charge is 2.10. The van der Waals surface area contributed by atoms with E-state index in [9.17, 15) is 4.79 Å². The first-order chi connectivity index (χ1) is 10.7. The Morgan fingerprint density at radius 1 is 1.36 bits per heavy atom. The predicted octanol–water partition coefficient (Wildman–Crippen LogP) is 3.78. The van der Waals surface area contributed by atoms with Crippen LogP contribution in [0.25, 0.3) is 16.2 Å². The zero-order valence-electron chi connectivity index (χ0n) is 12.2. The van der Waals surface area contributed by atoms with Crippen molar-refractivity contribution in [3.63, 3.8) is 0 Å². The van der Waals surface area contributed by atoms with Crippen LogP contribution in [0.15, 0.2) is 35.8 Å². The Hall–Kier alpha value is -1.85. The molecule has 6 heteroatoms. The summed E-state index contributed by atoms with van der Waals surface area (Å²) in [5.74, 6) is 0.0832. The van der Waals surface area contributed by atoms with Crippen molar-refractivity contribution in [1.29, 1.82) is 0 Å². The SMILES string of the molecule is CCNC(=O)CCc1csc2nc(-c3ccc(Cl)cc3)cn12. The highest BCUT2D eigenvalue weighted by atomic mass is 35.5. The van der Waals surface area contributed by atoms with Crippen molar-refractivity contribution in [2.75, 3.05) is 6.54 Å². The molecule has 2 aromatic heterocycles. The molecule has 0 aliphatic carbocycles. The third-order valence-electron chi connectivity index (χ3n) is 3.41. The van der Waals surface area contributed by atoms with Crippen LogP contribution in [-0.2, 0) is 11.2 Å². The van der Waals surface area contributed by atoms with Crippen molar-refractivity contribution in [1.82, 2.24) is 14.7 Å². The smallest absolute Gasteiger partial charge is 0.220 e. The number of aryl methyl sites for hydroxylation is 1. The first-order valence-electron chi connectivity index (χ1n) is 7.15. The summed E-state index contributed by atoms with van der Waals surface area (Å²) in [6.07, 6.45) is 3.22. The quantitative estimate of drug-likeness (QED) is 0.772. The number of benzene rings is 1. The Kier molecular flexibility index (Phi) is 4.45. The van der Waals surface area contributed by atoms with E-state index in [-0.39, 0.29) is 5.91 Å². The van der Waals surface area contributed by atoms with E-state index < -0.39 is 0 Å². The number of hydrogen-bond donors (Lipinski definition) is 1. The lowest BCUT2D eigenvalue weighted by atomic mass is 10.2. The number of nitrogens with zero attached hydrogens (tertiary/aromatic N) is 2. The van der Waals surface area contributed by atoms with Crippen molar-refractivity contribution >= 4 is 33.8 Å². The third-order valence-corrected chi connectivity index (χ3v) is 4.55. The molecule has 4 nitrogen and oxygen atoms in total. The van der Waals surface area contributed by atoms with Crippen molar-refractivity contribution in [2.24, 2.45) is 0 Å². The van der Waals surface area contributed by atoms with Crippen LogP contribution in [0.5, 0.6) is 0 Å². The summed E-state index contributed by atoms with van der Waals surface area (Å²) in [6.45, 7) is 2.60. The molecule has 0 spiro atoms. The van der Waals surface area contributed by atoms with Gasteiger partial charge in [0.05, 0.1) is 5.69 Å². The zero-order chi connectivity index (χ0) is 15.5. The van der Waals surface area contributed by atoms with Gasteiger partial charge in [0.15, 0.2) is 4.96 Å². The normalized spacial score (nSPS) is 11.0. The molecular weight excluding hydrogens is 318 g/mol. The Bertz CT molecular complexity index is 791. The average Bonchev–Trinajstić information content (AvgIpc) is 3.07. The predicted molar refractivity (Wildman–Crippen MR) is 90.5 cm³/mol. The van der Waals surface area contributed by atoms with Crippen LogP contribution in [0.3, 0.4) is 0 Å². The Morgan fingerprint density at radius 3 is 2.86 bits per heavy atom. The fraction of sp³-hybridized carbons (Fsp3) is 0.250. The lowest BCUT2D eigenvalue weighted by Crippen LogP contribution is -2.22. The minimum absolute atomic E-state index is 0.0832. The zero-order valence-corrected chi connectivity index (χ0v) is 13.7. The number of fused-ring (bicyclic) bond motifs is 1. The first kappa shape index (κ1) is 15.1. The number of carbonyl (C=O) groups excluding carboxylic acids is 1. The lowest BCUT2D eigenvalue weighted by molar-refractivity contribution is -0.120. The molecule has 1 aromatic carbocycles. The van der Waals surface area contributed by atoms with Crippen LogP contribution in [0.4, 0.5) is 0 Å². The lowest BCUT2D eigenvalue weighted by Gasteiger charge is -2.01. The molecule has 0 aliphatic rings. The summed E-state index contributed by atoms with van der Waals surface area (Å²) in [4.78, 5) is 17.2. The number of aromatic nitrogens is 2. The molecule has 0 aliphatic heterocycles. The van der Waals surface area contributed by atoms with Gasteiger partial charge in [-0.05, 0) is 25.5 Å².